The van der Waals surface area contributed by atoms with Crippen LogP contribution < -0.4 is 5.32 Å². The molecule has 4 rings (SSSR count). The van der Waals surface area contributed by atoms with E-state index < -0.39 is 0 Å². The lowest BCUT2D eigenvalue weighted by Crippen LogP contribution is -2.39. The first-order valence-electron chi connectivity index (χ1n) is 8.90. The summed E-state index contributed by atoms with van der Waals surface area (Å²) < 4.78 is 0. The maximum Gasteiger partial charge on any atom is 0.265 e. The van der Waals surface area contributed by atoms with Gasteiger partial charge in [-0.15, -0.1) is 11.3 Å². The maximum absolute atomic E-state index is 12.8. The molecule has 1 fully saturated rings. The lowest BCUT2D eigenvalue weighted by molar-refractivity contribution is 0.0710. The van der Waals surface area contributed by atoms with Crippen molar-refractivity contribution in [2.75, 3.05) is 18.4 Å². The van der Waals surface area contributed by atoms with E-state index in [2.05, 4.69) is 20.3 Å². The minimum Gasteiger partial charge on any atom is -0.337 e. The molecule has 138 valence electrons. The minimum absolute atomic E-state index is 0.0774. The number of hydrogen-bond acceptors (Lipinski definition) is 7. The van der Waals surface area contributed by atoms with Gasteiger partial charge in [-0.1, -0.05) is 6.07 Å². The van der Waals surface area contributed by atoms with E-state index in [1.54, 1.807) is 24.1 Å². The quantitative estimate of drug-likeness (QED) is 0.747. The molecule has 0 spiro atoms. The summed E-state index contributed by atoms with van der Waals surface area (Å²) >= 11 is 1.41. The van der Waals surface area contributed by atoms with Crippen molar-refractivity contribution in [3.8, 4) is 0 Å². The molecule has 0 aromatic carbocycles. The Kier molecular flexibility index (Phi) is 5.06. The van der Waals surface area contributed by atoms with E-state index in [0.29, 0.717) is 12.4 Å². The highest BCUT2D eigenvalue weighted by Gasteiger charge is 2.28. The zero-order chi connectivity index (χ0) is 18.6. The summed E-state index contributed by atoms with van der Waals surface area (Å²) in [6.45, 7) is 3.34. The van der Waals surface area contributed by atoms with Gasteiger partial charge in [0.05, 0.1) is 17.4 Å². The molecule has 3 aromatic rings. The zero-order valence-electron chi connectivity index (χ0n) is 15.0. The summed E-state index contributed by atoms with van der Waals surface area (Å²) in [5.74, 6) is 1.69. The summed E-state index contributed by atoms with van der Waals surface area (Å²) in [6, 6.07) is 5.91. The molecule has 27 heavy (non-hydrogen) atoms. The molecule has 1 N–H and O–H groups in total. The first kappa shape index (κ1) is 17.5. The third-order valence-corrected chi connectivity index (χ3v) is 5.57. The van der Waals surface area contributed by atoms with Crippen molar-refractivity contribution in [2.45, 2.75) is 25.7 Å². The van der Waals surface area contributed by atoms with Crippen molar-refractivity contribution in [2.24, 2.45) is 0 Å². The first-order chi connectivity index (χ1) is 13.2. The van der Waals surface area contributed by atoms with Gasteiger partial charge in [0.2, 0.25) is 0 Å². The van der Waals surface area contributed by atoms with E-state index in [1.807, 2.05) is 30.0 Å². The molecular weight excluding hydrogens is 360 g/mol. The van der Waals surface area contributed by atoms with E-state index in [0.717, 1.165) is 41.5 Å². The number of aryl methyl sites for hydroxylation is 1. The lowest BCUT2D eigenvalue weighted by Gasteiger charge is -2.32. The summed E-state index contributed by atoms with van der Waals surface area (Å²) in [5, 5.41) is 3.18. The molecule has 7 nitrogen and oxygen atoms in total. The number of likely N-dealkylation sites (tertiary alicyclic amines) is 1. The van der Waals surface area contributed by atoms with Crippen LogP contribution in [-0.2, 0) is 0 Å². The van der Waals surface area contributed by atoms with Crippen LogP contribution in [0.2, 0.25) is 0 Å². The molecule has 4 heterocycles. The molecule has 3 aromatic heterocycles. The predicted molar refractivity (Wildman–Crippen MR) is 104 cm³/mol. The number of carbonyl (C=O) groups excluding carboxylic acids is 1. The molecule has 1 aliphatic heterocycles. The molecule has 0 unspecified atom stereocenters. The van der Waals surface area contributed by atoms with Crippen LogP contribution in [0.1, 0.15) is 39.8 Å². The summed E-state index contributed by atoms with van der Waals surface area (Å²) in [7, 11) is 0. The smallest absolute Gasteiger partial charge is 0.265 e. The highest BCUT2D eigenvalue weighted by molar-refractivity contribution is 7.11. The molecule has 0 bridgehead atoms. The number of carbonyl (C=O) groups is 1. The number of thiazole rings is 1. The zero-order valence-corrected chi connectivity index (χ0v) is 15.8. The van der Waals surface area contributed by atoms with Gasteiger partial charge in [-0.05, 0) is 31.9 Å². The van der Waals surface area contributed by atoms with Crippen molar-refractivity contribution >= 4 is 28.9 Å². The number of pyridine rings is 1. The monoisotopic (exact) mass is 380 g/mol. The fraction of sp³-hybridized carbons (Fsp3) is 0.316. The SMILES string of the molecule is Cc1ncsc1C(=O)N1CCC[C@@H](c2cccc(Nc3cnccn3)n2)C1. The van der Waals surface area contributed by atoms with E-state index in [1.165, 1.54) is 11.3 Å². The van der Waals surface area contributed by atoms with Crippen LogP contribution >= 0.6 is 11.3 Å². The molecule has 1 atom stereocenters. The molecule has 0 radical (unpaired) electrons. The lowest BCUT2D eigenvalue weighted by atomic mass is 9.94. The Bertz CT molecular complexity index is 929. The van der Waals surface area contributed by atoms with Gasteiger partial charge in [0.1, 0.15) is 16.5 Å². The number of nitrogens with zero attached hydrogens (tertiary/aromatic N) is 5. The van der Waals surface area contributed by atoms with E-state index >= 15 is 0 Å². The normalized spacial score (nSPS) is 16.9. The second-order valence-electron chi connectivity index (χ2n) is 6.52. The number of aromatic nitrogens is 4. The van der Waals surface area contributed by atoms with E-state index in [4.69, 9.17) is 4.98 Å². The Morgan fingerprint density at radius 2 is 2.19 bits per heavy atom. The van der Waals surface area contributed by atoms with Gasteiger partial charge >= 0.3 is 0 Å². The molecular formula is C19H20N6OS. The van der Waals surface area contributed by atoms with Crippen molar-refractivity contribution < 1.29 is 4.79 Å². The number of hydrogen-bond donors (Lipinski definition) is 1. The summed E-state index contributed by atoms with van der Waals surface area (Å²) in [6.07, 6.45) is 6.92. The number of anilines is 2. The summed E-state index contributed by atoms with van der Waals surface area (Å²) in [4.78, 5) is 32.7. The number of nitrogens with one attached hydrogen (secondary N) is 1. The maximum atomic E-state index is 12.8. The number of piperidine rings is 1. The Balaban J connectivity index is 1.49. The first-order valence-corrected chi connectivity index (χ1v) is 9.78. The second kappa shape index (κ2) is 7.79. The predicted octanol–water partition coefficient (Wildman–Crippen LogP) is 3.40. The van der Waals surface area contributed by atoms with Gasteiger partial charge < -0.3 is 10.2 Å². The number of amides is 1. The van der Waals surface area contributed by atoms with E-state index in [9.17, 15) is 4.79 Å². The Morgan fingerprint density at radius 3 is 2.96 bits per heavy atom. The molecule has 1 saturated heterocycles. The van der Waals surface area contributed by atoms with Crippen molar-refractivity contribution in [3.05, 3.63) is 58.6 Å². The molecule has 8 heteroatoms. The van der Waals surface area contributed by atoms with Crippen LogP contribution in [-0.4, -0.2) is 43.8 Å². The minimum atomic E-state index is 0.0774. The van der Waals surface area contributed by atoms with Crippen LogP contribution in [0.5, 0.6) is 0 Å². The third-order valence-electron chi connectivity index (χ3n) is 4.66. The average molecular weight is 380 g/mol. The van der Waals surface area contributed by atoms with E-state index in [-0.39, 0.29) is 11.8 Å². The van der Waals surface area contributed by atoms with Crippen LogP contribution in [0.15, 0.2) is 42.3 Å². The van der Waals surface area contributed by atoms with Gasteiger partial charge in [-0.25, -0.2) is 15.0 Å². The molecule has 0 aliphatic carbocycles. The Morgan fingerprint density at radius 1 is 1.26 bits per heavy atom. The summed E-state index contributed by atoms with van der Waals surface area (Å²) in [5.41, 5.74) is 3.52. The largest absolute Gasteiger partial charge is 0.337 e. The van der Waals surface area contributed by atoms with Crippen LogP contribution in [0.3, 0.4) is 0 Å². The molecule has 1 amide bonds. The van der Waals surface area contributed by atoms with Crippen LogP contribution in [0, 0.1) is 6.92 Å². The van der Waals surface area contributed by atoms with Crippen LogP contribution in [0.25, 0.3) is 0 Å². The van der Waals surface area contributed by atoms with Gasteiger partial charge in [-0.3, -0.25) is 9.78 Å². The fourth-order valence-corrected chi connectivity index (χ4v) is 4.07. The topological polar surface area (TPSA) is 83.9 Å². The standard InChI is InChI=1S/C19H20N6OS/c1-13-18(27-12-22-13)19(26)25-9-3-4-14(11-25)15-5-2-6-16(23-15)24-17-10-20-7-8-21-17/h2,5-8,10,12,14H,3-4,9,11H2,1H3,(H,21,23,24)/t14-/m1/s1. The average Bonchev–Trinajstić information content (AvgIpc) is 3.14. The number of rotatable bonds is 4. The van der Waals surface area contributed by atoms with Gasteiger partial charge in [0.15, 0.2) is 0 Å². The van der Waals surface area contributed by atoms with Crippen molar-refractivity contribution in [1.82, 2.24) is 24.8 Å². The Labute approximate surface area is 161 Å². The highest BCUT2D eigenvalue weighted by atomic mass is 32.1. The van der Waals surface area contributed by atoms with Gasteiger partial charge in [0.25, 0.3) is 5.91 Å². The van der Waals surface area contributed by atoms with Crippen LogP contribution in [0.4, 0.5) is 11.6 Å². The van der Waals surface area contributed by atoms with Crippen molar-refractivity contribution in [3.63, 3.8) is 0 Å². The van der Waals surface area contributed by atoms with Crippen molar-refractivity contribution in [1.29, 1.82) is 0 Å². The van der Waals surface area contributed by atoms with Gasteiger partial charge in [0, 0.05) is 37.1 Å². The Hall–Kier alpha value is -2.87. The highest BCUT2D eigenvalue weighted by Crippen LogP contribution is 2.28. The molecule has 0 saturated carbocycles. The van der Waals surface area contributed by atoms with Gasteiger partial charge in [-0.2, -0.15) is 0 Å². The molecule has 1 aliphatic rings. The third kappa shape index (κ3) is 3.95. The fourth-order valence-electron chi connectivity index (χ4n) is 3.30. The second-order valence-corrected chi connectivity index (χ2v) is 7.38.